The highest BCUT2D eigenvalue weighted by molar-refractivity contribution is 5.95. The molecule has 5 heteroatoms. The van der Waals surface area contributed by atoms with Gasteiger partial charge in [0.1, 0.15) is 11.4 Å². The summed E-state index contributed by atoms with van der Waals surface area (Å²) in [6.07, 6.45) is 2.07. The molecule has 2 aliphatic heterocycles. The molecule has 2 saturated heterocycles. The van der Waals surface area contributed by atoms with E-state index in [9.17, 15) is 4.79 Å². The first kappa shape index (κ1) is 17.2. The molecule has 2 aliphatic rings. The lowest BCUT2D eigenvalue weighted by Gasteiger charge is -2.50. The monoisotopic (exact) mass is 333 g/mol. The molecular formula is C19H27NO4. The summed E-state index contributed by atoms with van der Waals surface area (Å²) >= 11 is 0. The van der Waals surface area contributed by atoms with Crippen molar-refractivity contribution in [1.29, 1.82) is 0 Å². The van der Waals surface area contributed by atoms with Gasteiger partial charge >= 0.3 is 0 Å². The maximum absolute atomic E-state index is 12.7. The second-order valence-corrected chi connectivity index (χ2v) is 6.51. The number of rotatable bonds is 7. The zero-order valence-corrected chi connectivity index (χ0v) is 14.6. The van der Waals surface area contributed by atoms with Crippen LogP contribution in [0.2, 0.25) is 0 Å². The highest BCUT2D eigenvalue weighted by atomic mass is 16.5. The molecule has 0 aliphatic carbocycles. The van der Waals surface area contributed by atoms with Crippen LogP contribution in [0.3, 0.4) is 0 Å². The van der Waals surface area contributed by atoms with Crippen molar-refractivity contribution in [2.45, 2.75) is 32.3 Å². The molecule has 2 fully saturated rings. The molecule has 1 amide bonds. The molecule has 1 spiro atoms. The van der Waals surface area contributed by atoms with Crippen molar-refractivity contribution in [3.8, 4) is 5.75 Å². The van der Waals surface area contributed by atoms with E-state index in [4.69, 9.17) is 14.2 Å². The van der Waals surface area contributed by atoms with Crippen LogP contribution in [0.15, 0.2) is 24.3 Å². The molecule has 0 radical (unpaired) electrons. The van der Waals surface area contributed by atoms with Crippen LogP contribution in [0, 0.1) is 5.92 Å². The first-order chi connectivity index (χ1) is 11.7. The zero-order valence-electron chi connectivity index (χ0n) is 14.6. The Kier molecular flexibility index (Phi) is 5.41. The minimum atomic E-state index is -0.149. The summed E-state index contributed by atoms with van der Waals surface area (Å²) in [6, 6.07) is 7.41. The third kappa shape index (κ3) is 3.42. The zero-order chi connectivity index (χ0) is 17.0. The highest BCUT2D eigenvalue weighted by Gasteiger charge is 2.54. The number of hydrogen-bond donors (Lipinski definition) is 0. The van der Waals surface area contributed by atoms with Crippen molar-refractivity contribution in [1.82, 2.24) is 4.90 Å². The molecule has 0 bridgehead atoms. The van der Waals surface area contributed by atoms with Crippen LogP contribution < -0.4 is 4.74 Å². The van der Waals surface area contributed by atoms with Crippen LogP contribution in [0.1, 0.15) is 37.0 Å². The number of benzene rings is 1. The summed E-state index contributed by atoms with van der Waals surface area (Å²) in [5.74, 6) is 1.29. The number of amides is 1. The Morgan fingerprint density at radius 2 is 2.17 bits per heavy atom. The van der Waals surface area contributed by atoms with Gasteiger partial charge < -0.3 is 19.1 Å². The van der Waals surface area contributed by atoms with Crippen molar-refractivity contribution in [3.63, 3.8) is 0 Å². The van der Waals surface area contributed by atoms with Crippen molar-refractivity contribution >= 4 is 5.91 Å². The highest BCUT2D eigenvalue weighted by Crippen LogP contribution is 2.42. The number of likely N-dealkylation sites (tertiary alicyclic amines) is 1. The Morgan fingerprint density at radius 3 is 2.92 bits per heavy atom. The molecule has 0 N–H and O–H groups in total. The Balaban J connectivity index is 1.59. The summed E-state index contributed by atoms with van der Waals surface area (Å²) in [4.78, 5) is 14.6. The molecule has 1 aromatic rings. The summed E-state index contributed by atoms with van der Waals surface area (Å²) < 4.78 is 17.0. The Hall–Kier alpha value is -1.59. The number of carbonyl (C=O) groups excluding carboxylic acids is 1. The predicted octanol–water partition coefficient (Wildman–Crippen LogP) is 2.74. The number of ether oxygens (including phenoxy) is 3. The molecule has 1 aromatic carbocycles. The van der Waals surface area contributed by atoms with Gasteiger partial charge in [-0.25, -0.2) is 0 Å². The first-order valence-electron chi connectivity index (χ1n) is 8.92. The minimum Gasteiger partial charge on any atom is -0.494 e. The quantitative estimate of drug-likeness (QED) is 0.720. The van der Waals surface area contributed by atoms with Gasteiger partial charge in [-0.3, -0.25) is 4.79 Å². The van der Waals surface area contributed by atoms with E-state index in [0.717, 1.165) is 38.4 Å². The van der Waals surface area contributed by atoms with E-state index >= 15 is 0 Å². The van der Waals surface area contributed by atoms with Crippen molar-refractivity contribution < 1.29 is 19.0 Å². The lowest BCUT2D eigenvalue weighted by atomic mass is 9.79. The summed E-state index contributed by atoms with van der Waals surface area (Å²) in [7, 11) is 0. The topological polar surface area (TPSA) is 48.0 Å². The van der Waals surface area contributed by atoms with Crippen LogP contribution in [0.4, 0.5) is 0 Å². The third-order valence-corrected chi connectivity index (χ3v) is 5.01. The molecule has 0 aromatic heterocycles. The predicted molar refractivity (Wildman–Crippen MR) is 91.4 cm³/mol. The molecule has 1 atom stereocenters. The third-order valence-electron chi connectivity index (χ3n) is 5.01. The second-order valence-electron chi connectivity index (χ2n) is 6.51. The molecular weight excluding hydrogens is 306 g/mol. The van der Waals surface area contributed by atoms with E-state index in [1.165, 1.54) is 0 Å². The van der Waals surface area contributed by atoms with Gasteiger partial charge in [-0.15, -0.1) is 0 Å². The van der Waals surface area contributed by atoms with Crippen molar-refractivity contribution in [2.75, 3.05) is 39.5 Å². The van der Waals surface area contributed by atoms with Crippen LogP contribution in [-0.2, 0) is 9.47 Å². The van der Waals surface area contributed by atoms with E-state index in [1.807, 2.05) is 43.0 Å². The minimum absolute atomic E-state index is 0.0567. The van der Waals surface area contributed by atoms with E-state index in [2.05, 4.69) is 0 Å². The fourth-order valence-electron chi connectivity index (χ4n) is 3.72. The van der Waals surface area contributed by atoms with E-state index in [-0.39, 0.29) is 11.5 Å². The maximum atomic E-state index is 12.7. The number of nitrogens with zero attached hydrogens (tertiary/aromatic N) is 1. The van der Waals surface area contributed by atoms with Crippen LogP contribution >= 0.6 is 0 Å². The van der Waals surface area contributed by atoms with Gasteiger partial charge in [0.15, 0.2) is 0 Å². The SMILES string of the molecule is CCOCC[C@@H]1CCOC12CN(C(=O)c1cccc(OCC)c1)C2. The second kappa shape index (κ2) is 7.53. The van der Waals surface area contributed by atoms with Gasteiger partial charge in [-0.2, -0.15) is 0 Å². The van der Waals surface area contributed by atoms with Crippen LogP contribution in [-0.4, -0.2) is 55.9 Å². The van der Waals surface area contributed by atoms with Crippen LogP contribution in [0.5, 0.6) is 5.75 Å². The maximum Gasteiger partial charge on any atom is 0.254 e. The Bertz CT molecular complexity index is 568. The van der Waals surface area contributed by atoms with Gasteiger partial charge in [-0.05, 0) is 50.8 Å². The Morgan fingerprint density at radius 1 is 1.33 bits per heavy atom. The summed E-state index contributed by atoms with van der Waals surface area (Å²) in [6.45, 7) is 8.23. The summed E-state index contributed by atoms with van der Waals surface area (Å²) in [5.41, 5.74) is 0.532. The lowest BCUT2D eigenvalue weighted by Crippen LogP contribution is -2.66. The van der Waals surface area contributed by atoms with Gasteiger partial charge in [-0.1, -0.05) is 6.07 Å². The fraction of sp³-hybridized carbons (Fsp3) is 0.632. The average molecular weight is 333 g/mol. The molecule has 0 saturated carbocycles. The lowest BCUT2D eigenvalue weighted by molar-refractivity contribution is -0.120. The van der Waals surface area contributed by atoms with Crippen molar-refractivity contribution in [3.05, 3.63) is 29.8 Å². The smallest absolute Gasteiger partial charge is 0.254 e. The van der Waals surface area contributed by atoms with Gasteiger partial charge in [0.2, 0.25) is 0 Å². The normalized spacial score (nSPS) is 21.8. The van der Waals surface area contributed by atoms with Gasteiger partial charge in [0, 0.05) is 25.4 Å². The molecule has 3 rings (SSSR count). The van der Waals surface area contributed by atoms with Crippen LogP contribution in [0.25, 0.3) is 0 Å². The number of carbonyl (C=O) groups is 1. The van der Waals surface area contributed by atoms with Crippen molar-refractivity contribution in [2.24, 2.45) is 5.92 Å². The van der Waals surface area contributed by atoms with E-state index in [0.29, 0.717) is 31.2 Å². The summed E-state index contributed by atoms with van der Waals surface area (Å²) in [5, 5.41) is 0. The van der Waals surface area contributed by atoms with E-state index < -0.39 is 0 Å². The molecule has 132 valence electrons. The molecule has 24 heavy (non-hydrogen) atoms. The molecule has 0 unspecified atom stereocenters. The molecule has 2 heterocycles. The van der Waals surface area contributed by atoms with E-state index in [1.54, 1.807) is 0 Å². The molecule has 5 nitrogen and oxygen atoms in total. The fourth-order valence-corrected chi connectivity index (χ4v) is 3.72. The Labute approximate surface area is 143 Å². The number of hydrogen-bond acceptors (Lipinski definition) is 4. The average Bonchev–Trinajstić information content (AvgIpc) is 2.98. The van der Waals surface area contributed by atoms with Gasteiger partial charge in [0.25, 0.3) is 5.91 Å². The first-order valence-corrected chi connectivity index (χ1v) is 8.92. The standard InChI is InChI=1S/C19H27NO4/c1-3-22-10-8-16-9-11-24-19(16)13-20(14-19)18(21)15-6-5-7-17(12-15)23-4-2/h5-7,12,16H,3-4,8-11,13-14H2,1-2H3/t16-/m1/s1. The largest absolute Gasteiger partial charge is 0.494 e. The van der Waals surface area contributed by atoms with Gasteiger partial charge in [0.05, 0.1) is 19.7 Å².